The molecule has 1 fully saturated rings. The van der Waals surface area contributed by atoms with Crippen LogP contribution in [-0.4, -0.2) is 36.4 Å². The standard InChI is InChI=1S/C12H16O5/c1-8(11(13)14)5-6-16-12(15)9(2)3-4-10-7-17-10/h10H,1-7H2,(H,13,14). The van der Waals surface area contributed by atoms with Gasteiger partial charge >= 0.3 is 11.9 Å². The Labute approximate surface area is 99.7 Å². The fourth-order valence-corrected chi connectivity index (χ4v) is 1.15. The lowest BCUT2D eigenvalue weighted by molar-refractivity contribution is -0.140. The monoisotopic (exact) mass is 240 g/mol. The predicted molar refractivity (Wildman–Crippen MR) is 60.5 cm³/mol. The number of epoxide rings is 1. The second kappa shape index (κ2) is 6.20. The van der Waals surface area contributed by atoms with Gasteiger partial charge < -0.3 is 14.6 Å². The van der Waals surface area contributed by atoms with Gasteiger partial charge in [-0.15, -0.1) is 0 Å². The molecule has 5 heteroatoms. The van der Waals surface area contributed by atoms with Crippen LogP contribution < -0.4 is 0 Å². The average molecular weight is 240 g/mol. The third-order valence-corrected chi connectivity index (χ3v) is 2.40. The number of carboxylic acids is 1. The summed E-state index contributed by atoms with van der Waals surface area (Å²) in [5.41, 5.74) is 0.413. The molecule has 0 aromatic rings. The molecule has 1 aliphatic heterocycles. The van der Waals surface area contributed by atoms with Crippen molar-refractivity contribution in [1.29, 1.82) is 0 Å². The fraction of sp³-hybridized carbons (Fsp3) is 0.500. The topological polar surface area (TPSA) is 76.1 Å². The summed E-state index contributed by atoms with van der Waals surface area (Å²) in [4.78, 5) is 21.8. The van der Waals surface area contributed by atoms with Crippen LogP contribution in [0.3, 0.4) is 0 Å². The van der Waals surface area contributed by atoms with E-state index >= 15 is 0 Å². The predicted octanol–water partition coefficient (Wildman–Crippen LogP) is 1.30. The Morgan fingerprint density at radius 2 is 1.94 bits per heavy atom. The Kier molecular flexibility index (Phi) is 4.90. The van der Waals surface area contributed by atoms with E-state index in [9.17, 15) is 9.59 Å². The average Bonchev–Trinajstić information content (AvgIpc) is 3.09. The summed E-state index contributed by atoms with van der Waals surface area (Å²) in [6.07, 6.45) is 1.70. The van der Waals surface area contributed by atoms with E-state index in [0.717, 1.165) is 13.0 Å². The Bertz CT molecular complexity index is 341. The fourth-order valence-electron chi connectivity index (χ4n) is 1.15. The molecule has 0 saturated carbocycles. The van der Waals surface area contributed by atoms with Crippen LogP contribution >= 0.6 is 0 Å². The van der Waals surface area contributed by atoms with Crippen molar-refractivity contribution in [3.63, 3.8) is 0 Å². The Balaban J connectivity index is 2.12. The van der Waals surface area contributed by atoms with Gasteiger partial charge in [0.25, 0.3) is 0 Å². The number of carbonyl (C=O) groups is 2. The maximum atomic E-state index is 11.4. The number of carbonyl (C=O) groups excluding carboxylic acids is 1. The second-order valence-corrected chi connectivity index (χ2v) is 3.89. The van der Waals surface area contributed by atoms with Crippen LogP contribution in [0.25, 0.3) is 0 Å². The highest BCUT2D eigenvalue weighted by Crippen LogP contribution is 2.18. The van der Waals surface area contributed by atoms with Crippen molar-refractivity contribution in [3.8, 4) is 0 Å². The molecule has 0 spiro atoms. The van der Waals surface area contributed by atoms with Crippen LogP contribution in [0.15, 0.2) is 24.3 Å². The van der Waals surface area contributed by atoms with Crippen molar-refractivity contribution >= 4 is 11.9 Å². The van der Waals surface area contributed by atoms with Crippen LogP contribution in [0.4, 0.5) is 0 Å². The van der Waals surface area contributed by atoms with Crippen LogP contribution in [0.2, 0.25) is 0 Å². The van der Waals surface area contributed by atoms with Crippen molar-refractivity contribution in [1.82, 2.24) is 0 Å². The molecule has 1 heterocycles. The van der Waals surface area contributed by atoms with Gasteiger partial charge in [0, 0.05) is 17.6 Å². The van der Waals surface area contributed by atoms with Gasteiger partial charge in [0.1, 0.15) is 0 Å². The van der Waals surface area contributed by atoms with E-state index in [1.54, 1.807) is 0 Å². The minimum Gasteiger partial charge on any atom is -0.478 e. The molecular formula is C12H16O5. The zero-order chi connectivity index (χ0) is 12.8. The number of rotatable bonds is 8. The van der Waals surface area contributed by atoms with E-state index < -0.39 is 11.9 Å². The minimum atomic E-state index is -1.08. The molecule has 17 heavy (non-hydrogen) atoms. The summed E-state index contributed by atoms with van der Waals surface area (Å²) in [6, 6.07) is 0. The maximum absolute atomic E-state index is 11.4. The van der Waals surface area contributed by atoms with Gasteiger partial charge in [-0.25, -0.2) is 9.59 Å². The first kappa shape index (κ1) is 13.4. The van der Waals surface area contributed by atoms with E-state index in [4.69, 9.17) is 14.6 Å². The number of aliphatic carboxylic acids is 1. The first-order chi connectivity index (χ1) is 8.00. The quantitative estimate of drug-likeness (QED) is 0.393. The summed E-state index contributed by atoms with van der Waals surface area (Å²) in [6.45, 7) is 7.72. The number of hydrogen-bond donors (Lipinski definition) is 1. The van der Waals surface area contributed by atoms with Gasteiger partial charge in [-0.05, 0) is 12.8 Å². The molecule has 1 atom stereocenters. The normalized spacial score (nSPS) is 17.3. The summed E-state index contributed by atoms with van der Waals surface area (Å²) >= 11 is 0. The number of hydrogen-bond acceptors (Lipinski definition) is 4. The van der Waals surface area contributed by atoms with Crippen LogP contribution in [0.5, 0.6) is 0 Å². The first-order valence-electron chi connectivity index (χ1n) is 5.38. The lowest BCUT2D eigenvalue weighted by Crippen LogP contribution is -2.11. The second-order valence-electron chi connectivity index (χ2n) is 3.89. The third-order valence-electron chi connectivity index (χ3n) is 2.40. The molecule has 1 unspecified atom stereocenters. The molecule has 0 bridgehead atoms. The molecular weight excluding hydrogens is 224 g/mol. The van der Waals surface area contributed by atoms with Gasteiger partial charge in [-0.1, -0.05) is 13.2 Å². The van der Waals surface area contributed by atoms with Crippen LogP contribution in [0, 0.1) is 0 Å². The van der Waals surface area contributed by atoms with Crippen molar-refractivity contribution in [2.75, 3.05) is 13.2 Å². The van der Waals surface area contributed by atoms with Crippen molar-refractivity contribution in [2.24, 2.45) is 0 Å². The van der Waals surface area contributed by atoms with E-state index in [-0.39, 0.29) is 24.7 Å². The van der Waals surface area contributed by atoms with Gasteiger partial charge in [-0.2, -0.15) is 0 Å². The van der Waals surface area contributed by atoms with E-state index in [0.29, 0.717) is 12.0 Å². The highest BCUT2D eigenvalue weighted by Gasteiger charge is 2.23. The molecule has 0 aliphatic carbocycles. The van der Waals surface area contributed by atoms with Crippen LogP contribution in [0.1, 0.15) is 19.3 Å². The highest BCUT2D eigenvalue weighted by molar-refractivity contribution is 5.88. The number of esters is 1. The summed E-state index contributed by atoms with van der Waals surface area (Å²) in [5.74, 6) is -1.56. The maximum Gasteiger partial charge on any atom is 0.333 e. The first-order valence-corrected chi connectivity index (χ1v) is 5.38. The highest BCUT2D eigenvalue weighted by atomic mass is 16.6. The minimum absolute atomic E-state index is 0.0168. The van der Waals surface area contributed by atoms with Gasteiger partial charge in [-0.3, -0.25) is 0 Å². The molecule has 0 amide bonds. The molecule has 1 rings (SSSR count). The lowest BCUT2D eigenvalue weighted by Gasteiger charge is -2.06. The van der Waals surface area contributed by atoms with E-state index in [1.807, 2.05) is 0 Å². The smallest absolute Gasteiger partial charge is 0.333 e. The molecule has 1 saturated heterocycles. The Morgan fingerprint density at radius 1 is 1.29 bits per heavy atom. The molecule has 0 aromatic carbocycles. The number of carboxylic acid groups (broad SMARTS) is 1. The Morgan fingerprint density at radius 3 is 2.47 bits per heavy atom. The summed E-state index contributed by atoms with van der Waals surface area (Å²) < 4.78 is 9.88. The summed E-state index contributed by atoms with van der Waals surface area (Å²) in [5, 5.41) is 8.54. The Hall–Kier alpha value is -1.62. The molecule has 0 radical (unpaired) electrons. The zero-order valence-corrected chi connectivity index (χ0v) is 9.61. The van der Waals surface area contributed by atoms with Crippen molar-refractivity contribution < 1.29 is 24.2 Å². The molecule has 5 nitrogen and oxygen atoms in total. The SMILES string of the molecule is C=C(CCOC(=O)C(=C)CCC1CO1)C(=O)O. The van der Waals surface area contributed by atoms with E-state index in [2.05, 4.69) is 13.2 Å². The van der Waals surface area contributed by atoms with E-state index in [1.165, 1.54) is 0 Å². The van der Waals surface area contributed by atoms with Crippen LogP contribution in [-0.2, 0) is 19.1 Å². The van der Waals surface area contributed by atoms with Crippen molar-refractivity contribution in [2.45, 2.75) is 25.4 Å². The molecule has 94 valence electrons. The number of ether oxygens (including phenoxy) is 2. The van der Waals surface area contributed by atoms with Crippen molar-refractivity contribution in [3.05, 3.63) is 24.3 Å². The zero-order valence-electron chi connectivity index (χ0n) is 9.61. The third kappa shape index (κ3) is 5.31. The van der Waals surface area contributed by atoms with Gasteiger partial charge in [0.05, 0.1) is 19.3 Å². The van der Waals surface area contributed by atoms with Gasteiger partial charge in [0.15, 0.2) is 0 Å². The van der Waals surface area contributed by atoms with Gasteiger partial charge in [0.2, 0.25) is 0 Å². The summed E-state index contributed by atoms with van der Waals surface area (Å²) in [7, 11) is 0. The molecule has 1 aliphatic rings. The lowest BCUT2D eigenvalue weighted by atomic mass is 10.1. The molecule has 1 N–H and O–H groups in total. The molecule has 0 aromatic heterocycles. The largest absolute Gasteiger partial charge is 0.478 e.